The Morgan fingerprint density at radius 1 is 1.19 bits per heavy atom. The molecule has 0 aromatic rings. The van der Waals surface area contributed by atoms with Crippen LogP contribution >= 0.6 is 0 Å². The minimum atomic E-state index is -0.529. The minimum Gasteiger partial charge on any atom is -0.387 e. The van der Waals surface area contributed by atoms with Crippen molar-refractivity contribution >= 4 is 0 Å². The van der Waals surface area contributed by atoms with Gasteiger partial charge in [-0.05, 0) is 19.3 Å². The molecule has 0 aromatic carbocycles. The Kier molecular flexibility index (Phi) is 6.37. The second-order valence-corrected chi connectivity index (χ2v) is 5.24. The minimum absolute atomic E-state index is 0.0763. The largest absolute Gasteiger partial charge is 0.387 e. The summed E-state index contributed by atoms with van der Waals surface area (Å²) in [4.78, 5) is 0. The van der Waals surface area contributed by atoms with Gasteiger partial charge in [0, 0.05) is 7.11 Å². The molecule has 2 nitrogen and oxygen atoms in total. The maximum Gasteiger partial charge on any atom is 0.0908 e. The molecule has 1 saturated carbocycles. The van der Waals surface area contributed by atoms with Gasteiger partial charge in [-0.1, -0.05) is 51.9 Å². The number of unbranched alkanes of at least 4 members (excludes halogenated alkanes) is 4. The smallest absolute Gasteiger partial charge is 0.0908 e. The molecular weight excluding hydrogens is 200 g/mol. The Labute approximate surface area is 100 Å². The van der Waals surface area contributed by atoms with Crippen LogP contribution in [0.1, 0.15) is 71.1 Å². The molecule has 0 aliphatic heterocycles. The summed E-state index contributed by atoms with van der Waals surface area (Å²) < 4.78 is 5.43. The van der Waals surface area contributed by atoms with E-state index in [1.807, 2.05) is 0 Å². The van der Waals surface area contributed by atoms with E-state index in [4.69, 9.17) is 4.74 Å². The van der Waals surface area contributed by atoms with E-state index in [2.05, 4.69) is 6.92 Å². The highest BCUT2D eigenvalue weighted by Crippen LogP contribution is 2.34. The third-order valence-corrected chi connectivity index (χ3v) is 3.92. The average molecular weight is 228 g/mol. The van der Waals surface area contributed by atoms with E-state index in [0.29, 0.717) is 0 Å². The summed E-state index contributed by atoms with van der Waals surface area (Å²) >= 11 is 0. The molecule has 0 spiro atoms. The maximum atomic E-state index is 10.6. The van der Waals surface area contributed by atoms with Crippen LogP contribution in [0, 0.1) is 0 Å². The molecule has 2 heteroatoms. The van der Waals surface area contributed by atoms with Crippen LogP contribution in [0.5, 0.6) is 0 Å². The molecule has 1 N–H and O–H groups in total. The molecule has 0 amide bonds. The summed E-state index contributed by atoms with van der Waals surface area (Å²) in [5.41, 5.74) is -0.529. The lowest BCUT2D eigenvalue weighted by Gasteiger charge is -2.39. The van der Waals surface area contributed by atoms with Crippen molar-refractivity contribution in [2.75, 3.05) is 7.11 Å². The van der Waals surface area contributed by atoms with Gasteiger partial charge in [0.25, 0.3) is 0 Å². The second kappa shape index (κ2) is 7.29. The summed E-state index contributed by atoms with van der Waals surface area (Å²) in [6.45, 7) is 2.23. The van der Waals surface area contributed by atoms with Crippen LogP contribution in [0.4, 0.5) is 0 Å². The van der Waals surface area contributed by atoms with E-state index in [-0.39, 0.29) is 6.10 Å². The second-order valence-electron chi connectivity index (χ2n) is 5.24. The Morgan fingerprint density at radius 2 is 1.94 bits per heavy atom. The lowest BCUT2D eigenvalue weighted by Crippen LogP contribution is -2.45. The summed E-state index contributed by atoms with van der Waals surface area (Å²) in [7, 11) is 1.73. The average Bonchev–Trinajstić information content (AvgIpc) is 2.29. The predicted molar refractivity (Wildman–Crippen MR) is 67.6 cm³/mol. The number of rotatable bonds is 7. The zero-order valence-electron chi connectivity index (χ0n) is 11.0. The molecule has 1 aliphatic carbocycles. The van der Waals surface area contributed by atoms with Crippen LogP contribution in [0.3, 0.4) is 0 Å². The standard InChI is InChI=1S/C14H28O2/c1-3-4-5-6-8-11-14(15)12-9-7-10-13(14)16-2/h13,15H,3-12H2,1-2H3. The zero-order valence-corrected chi connectivity index (χ0v) is 11.0. The normalized spacial score (nSPS) is 30.6. The van der Waals surface area contributed by atoms with Gasteiger partial charge in [-0.25, -0.2) is 0 Å². The Morgan fingerprint density at radius 3 is 2.62 bits per heavy atom. The number of hydrogen-bond donors (Lipinski definition) is 1. The molecule has 1 fully saturated rings. The fourth-order valence-corrected chi connectivity index (χ4v) is 2.85. The van der Waals surface area contributed by atoms with Crippen molar-refractivity contribution < 1.29 is 9.84 Å². The maximum absolute atomic E-state index is 10.6. The van der Waals surface area contributed by atoms with E-state index in [0.717, 1.165) is 32.1 Å². The van der Waals surface area contributed by atoms with Crippen LogP contribution in [0.2, 0.25) is 0 Å². The Bertz CT molecular complexity index is 182. The monoisotopic (exact) mass is 228 g/mol. The molecule has 0 radical (unpaired) electrons. The van der Waals surface area contributed by atoms with Gasteiger partial charge in [0.2, 0.25) is 0 Å². The molecule has 96 valence electrons. The first kappa shape index (κ1) is 14.0. The van der Waals surface area contributed by atoms with Crippen molar-refractivity contribution in [3.8, 4) is 0 Å². The first-order chi connectivity index (χ1) is 7.73. The van der Waals surface area contributed by atoms with Crippen molar-refractivity contribution in [1.82, 2.24) is 0 Å². The highest BCUT2D eigenvalue weighted by Gasteiger charge is 2.38. The molecule has 1 rings (SSSR count). The van der Waals surface area contributed by atoms with Gasteiger partial charge in [-0.2, -0.15) is 0 Å². The molecule has 1 aliphatic rings. The van der Waals surface area contributed by atoms with E-state index >= 15 is 0 Å². The molecule has 2 atom stereocenters. The van der Waals surface area contributed by atoms with Gasteiger partial charge < -0.3 is 9.84 Å². The number of hydrogen-bond acceptors (Lipinski definition) is 2. The third-order valence-electron chi connectivity index (χ3n) is 3.92. The van der Waals surface area contributed by atoms with Gasteiger partial charge in [0.15, 0.2) is 0 Å². The van der Waals surface area contributed by atoms with Gasteiger partial charge in [-0.15, -0.1) is 0 Å². The fourth-order valence-electron chi connectivity index (χ4n) is 2.85. The van der Waals surface area contributed by atoms with Crippen molar-refractivity contribution in [2.24, 2.45) is 0 Å². The van der Waals surface area contributed by atoms with Crippen molar-refractivity contribution in [3.05, 3.63) is 0 Å². The molecule has 2 unspecified atom stereocenters. The van der Waals surface area contributed by atoms with Crippen molar-refractivity contribution in [1.29, 1.82) is 0 Å². The third kappa shape index (κ3) is 4.06. The highest BCUT2D eigenvalue weighted by atomic mass is 16.5. The SMILES string of the molecule is CCCCCCCC1(O)CCCCC1OC. The molecular formula is C14H28O2. The number of aliphatic hydroxyl groups is 1. The molecule has 0 saturated heterocycles. The summed E-state index contributed by atoms with van der Waals surface area (Å²) in [5, 5.41) is 10.6. The number of methoxy groups -OCH3 is 1. The topological polar surface area (TPSA) is 29.5 Å². The van der Waals surface area contributed by atoms with Gasteiger partial charge in [0.05, 0.1) is 11.7 Å². The van der Waals surface area contributed by atoms with Crippen LogP contribution in [-0.2, 0) is 4.74 Å². The lowest BCUT2D eigenvalue weighted by molar-refractivity contribution is -0.121. The Hall–Kier alpha value is -0.0800. The molecule has 16 heavy (non-hydrogen) atoms. The first-order valence-electron chi connectivity index (χ1n) is 6.98. The summed E-state index contributed by atoms with van der Waals surface area (Å²) in [5.74, 6) is 0. The summed E-state index contributed by atoms with van der Waals surface area (Å²) in [6, 6.07) is 0. The van der Waals surface area contributed by atoms with E-state index in [9.17, 15) is 5.11 Å². The van der Waals surface area contributed by atoms with Crippen molar-refractivity contribution in [2.45, 2.75) is 82.8 Å². The predicted octanol–water partition coefficient (Wildman–Crippen LogP) is 3.67. The molecule has 0 bridgehead atoms. The molecule has 0 heterocycles. The quantitative estimate of drug-likeness (QED) is 0.674. The van der Waals surface area contributed by atoms with Gasteiger partial charge >= 0.3 is 0 Å². The Balaban J connectivity index is 2.25. The lowest BCUT2D eigenvalue weighted by atomic mass is 9.78. The zero-order chi connectivity index (χ0) is 11.9. The number of ether oxygens (including phenoxy) is 1. The van der Waals surface area contributed by atoms with Crippen LogP contribution in [0.15, 0.2) is 0 Å². The first-order valence-corrected chi connectivity index (χ1v) is 6.98. The van der Waals surface area contributed by atoms with E-state index in [1.54, 1.807) is 7.11 Å². The fraction of sp³-hybridized carbons (Fsp3) is 1.00. The highest BCUT2D eigenvalue weighted by molar-refractivity contribution is 4.90. The summed E-state index contributed by atoms with van der Waals surface area (Å²) in [6.07, 6.45) is 11.6. The van der Waals surface area contributed by atoms with Crippen LogP contribution in [0.25, 0.3) is 0 Å². The van der Waals surface area contributed by atoms with Crippen molar-refractivity contribution in [3.63, 3.8) is 0 Å². The van der Waals surface area contributed by atoms with E-state index < -0.39 is 5.60 Å². The van der Waals surface area contributed by atoms with Crippen LogP contribution in [-0.4, -0.2) is 23.9 Å². The molecule has 0 aromatic heterocycles. The van der Waals surface area contributed by atoms with Gasteiger partial charge in [-0.3, -0.25) is 0 Å². The van der Waals surface area contributed by atoms with E-state index in [1.165, 1.54) is 32.1 Å². The van der Waals surface area contributed by atoms with Crippen LogP contribution < -0.4 is 0 Å². The van der Waals surface area contributed by atoms with Gasteiger partial charge in [0.1, 0.15) is 0 Å².